The van der Waals surface area contributed by atoms with E-state index in [4.69, 9.17) is 17.3 Å². The summed E-state index contributed by atoms with van der Waals surface area (Å²) in [7, 11) is -0.769. The van der Waals surface area contributed by atoms with Gasteiger partial charge in [0.15, 0.2) is 0 Å². The van der Waals surface area contributed by atoms with E-state index in [0.717, 1.165) is 10.4 Å². The van der Waals surface area contributed by atoms with Crippen molar-refractivity contribution < 1.29 is 13.5 Å². The van der Waals surface area contributed by atoms with Crippen LogP contribution in [0.2, 0.25) is 0 Å². The van der Waals surface area contributed by atoms with Gasteiger partial charge in [0.05, 0.1) is 10.8 Å². The molecule has 18 heavy (non-hydrogen) atoms. The zero-order valence-corrected chi connectivity index (χ0v) is 11.5. The second-order valence-corrected chi connectivity index (χ2v) is 6.09. The number of halogens is 1. The molecule has 0 aromatic heterocycles. The highest BCUT2D eigenvalue weighted by Gasteiger charge is 2.18. The maximum Gasteiger partial charge on any atom is 0.242 e. The maximum atomic E-state index is 11.8. The molecule has 0 aliphatic rings. The largest absolute Gasteiger partial charge is 0.506 e. The number of aromatic hydroxyl groups is 1. The quantitative estimate of drug-likeness (QED) is 0.489. The molecule has 3 N–H and O–H groups in total. The number of sulfonamides is 1. The van der Waals surface area contributed by atoms with Gasteiger partial charge in [-0.15, -0.1) is 11.6 Å². The molecule has 1 aromatic rings. The van der Waals surface area contributed by atoms with E-state index in [0.29, 0.717) is 0 Å². The maximum absolute atomic E-state index is 11.8. The summed E-state index contributed by atoms with van der Waals surface area (Å²) < 4.78 is 24.7. The van der Waals surface area contributed by atoms with E-state index in [1.807, 2.05) is 0 Å². The minimum absolute atomic E-state index is 0.0200. The van der Waals surface area contributed by atoms with Crippen molar-refractivity contribution in [1.82, 2.24) is 4.31 Å². The van der Waals surface area contributed by atoms with E-state index in [9.17, 15) is 13.5 Å². The Morgan fingerprint density at radius 1 is 1.50 bits per heavy atom. The highest BCUT2D eigenvalue weighted by Crippen LogP contribution is 2.29. The van der Waals surface area contributed by atoms with Gasteiger partial charge in [-0.2, -0.15) is 0 Å². The first kappa shape index (κ1) is 14.7. The first-order chi connectivity index (χ1) is 8.28. The number of alkyl halides is 1. The molecule has 0 saturated carbocycles. The molecule has 0 amide bonds. The van der Waals surface area contributed by atoms with Crippen molar-refractivity contribution in [2.75, 3.05) is 20.0 Å². The molecule has 1 rings (SSSR count). The molecule has 0 saturated heterocycles. The third-order valence-electron chi connectivity index (χ3n) is 2.13. The third-order valence-corrected chi connectivity index (χ3v) is 4.21. The standard InChI is InChI=1S/C10H14ClN3O3S/c1-14(2)18(16,17)7-3-4-8(9(15)5-7)13-10(12)6-11/h3-5,15H,6H2,1-2H3,(H2,12,13). The van der Waals surface area contributed by atoms with Gasteiger partial charge in [-0.1, -0.05) is 0 Å². The van der Waals surface area contributed by atoms with E-state index >= 15 is 0 Å². The predicted octanol–water partition coefficient (Wildman–Crippen LogP) is 0.870. The lowest BCUT2D eigenvalue weighted by Crippen LogP contribution is -2.22. The smallest absolute Gasteiger partial charge is 0.242 e. The molecule has 8 heteroatoms. The molecule has 1 aromatic carbocycles. The Hall–Kier alpha value is -1.31. The number of phenolic OH excluding ortho intramolecular Hbond substituents is 1. The van der Waals surface area contributed by atoms with Gasteiger partial charge in [0.1, 0.15) is 17.3 Å². The van der Waals surface area contributed by atoms with Gasteiger partial charge in [-0.05, 0) is 12.1 Å². The van der Waals surface area contributed by atoms with Crippen LogP contribution in [0.15, 0.2) is 28.1 Å². The third kappa shape index (κ3) is 3.12. The second kappa shape index (κ2) is 5.55. The van der Waals surface area contributed by atoms with Crippen LogP contribution in [0, 0.1) is 0 Å². The van der Waals surface area contributed by atoms with Crippen LogP contribution in [-0.4, -0.2) is 43.6 Å². The highest BCUT2D eigenvalue weighted by atomic mass is 35.5. The average molecular weight is 292 g/mol. The summed E-state index contributed by atoms with van der Waals surface area (Å²) in [5.41, 5.74) is 5.60. The molecule has 6 nitrogen and oxygen atoms in total. The van der Waals surface area contributed by atoms with Crippen LogP contribution in [-0.2, 0) is 10.0 Å². The highest BCUT2D eigenvalue weighted by molar-refractivity contribution is 7.89. The van der Waals surface area contributed by atoms with Crippen LogP contribution < -0.4 is 5.73 Å². The second-order valence-electron chi connectivity index (χ2n) is 3.67. The fourth-order valence-corrected chi connectivity index (χ4v) is 2.14. The topological polar surface area (TPSA) is 96.0 Å². The molecule has 0 aliphatic carbocycles. The van der Waals surface area contributed by atoms with E-state index in [1.54, 1.807) is 0 Å². The van der Waals surface area contributed by atoms with Crippen molar-refractivity contribution >= 4 is 33.1 Å². The van der Waals surface area contributed by atoms with Gasteiger partial charge in [0.25, 0.3) is 0 Å². The van der Waals surface area contributed by atoms with Crippen molar-refractivity contribution in [2.45, 2.75) is 4.90 Å². The number of benzene rings is 1. The molecular weight excluding hydrogens is 278 g/mol. The molecule has 0 fully saturated rings. The number of nitrogens with two attached hydrogens (primary N) is 1. The number of rotatable bonds is 4. The summed E-state index contributed by atoms with van der Waals surface area (Å²) >= 11 is 5.46. The van der Waals surface area contributed by atoms with Crippen molar-refractivity contribution in [2.24, 2.45) is 10.7 Å². The summed E-state index contributed by atoms with van der Waals surface area (Å²) in [5, 5.41) is 9.69. The Balaban J connectivity index is 3.23. The Labute approximate surface area is 111 Å². The Bertz CT molecular complexity index is 570. The zero-order chi connectivity index (χ0) is 13.9. The van der Waals surface area contributed by atoms with Gasteiger partial charge >= 0.3 is 0 Å². The fourth-order valence-electron chi connectivity index (χ4n) is 1.15. The lowest BCUT2D eigenvalue weighted by molar-refractivity contribution is 0.473. The molecule has 100 valence electrons. The molecule has 0 unspecified atom stereocenters. The van der Waals surface area contributed by atoms with Gasteiger partial charge in [0, 0.05) is 20.2 Å². The van der Waals surface area contributed by atoms with E-state index < -0.39 is 10.0 Å². The Kier molecular flexibility index (Phi) is 4.55. The first-order valence-corrected chi connectivity index (χ1v) is 6.91. The average Bonchev–Trinajstić information content (AvgIpc) is 2.31. The van der Waals surface area contributed by atoms with Crippen LogP contribution in [0.1, 0.15) is 0 Å². The summed E-state index contributed by atoms with van der Waals surface area (Å²) in [6.07, 6.45) is 0. The fraction of sp³-hybridized carbons (Fsp3) is 0.300. The minimum atomic E-state index is -3.58. The molecule has 0 atom stereocenters. The number of phenols is 1. The van der Waals surface area contributed by atoms with E-state index in [1.165, 1.54) is 26.2 Å². The lowest BCUT2D eigenvalue weighted by Gasteiger charge is -2.11. The number of aliphatic imine (C=N–C) groups is 1. The molecule has 0 spiro atoms. The normalized spacial score (nSPS) is 13.0. The summed E-state index contributed by atoms with van der Waals surface area (Å²) in [6, 6.07) is 3.83. The number of hydrogen-bond acceptors (Lipinski definition) is 4. The molecule has 0 aliphatic heterocycles. The van der Waals surface area contributed by atoms with Gasteiger partial charge in [-0.3, -0.25) is 0 Å². The number of hydrogen-bond donors (Lipinski definition) is 2. The minimum Gasteiger partial charge on any atom is -0.506 e. The van der Waals surface area contributed by atoms with Crippen LogP contribution >= 0.6 is 11.6 Å². The molecular formula is C10H14ClN3O3S. The van der Waals surface area contributed by atoms with Crippen molar-refractivity contribution in [3.63, 3.8) is 0 Å². The lowest BCUT2D eigenvalue weighted by atomic mass is 10.3. The summed E-state index contributed by atoms with van der Waals surface area (Å²) in [4.78, 5) is 3.83. The molecule has 0 radical (unpaired) electrons. The van der Waals surface area contributed by atoms with Gasteiger partial charge in [-0.25, -0.2) is 17.7 Å². The van der Waals surface area contributed by atoms with Crippen molar-refractivity contribution in [1.29, 1.82) is 0 Å². The van der Waals surface area contributed by atoms with Crippen LogP contribution in [0.5, 0.6) is 5.75 Å². The van der Waals surface area contributed by atoms with Crippen LogP contribution in [0.3, 0.4) is 0 Å². The van der Waals surface area contributed by atoms with Gasteiger partial charge in [0.2, 0.25) is 10.0 Å². The SMILES string of the molecule is CN(C)S(=O)(=O)c1ccc(N=C(N)CCl)c(O)c1. The van der Waals surface area contributed by atoms with Crippen LogP contribution in [0.4, 0.5) is 5.69 Å². The van der Waals surface area contributed by atoms with E-state index in [-0.39, 0.29) is 28.0 Å². The summed E-state index contributed by atoms with van der Waals surface area (Å²) in [5.74, 6) is -0.113. The number of nitrogens with zero attached hydrogens (tertiary/aromatic N) is 2. The predicted molar refractivity (Wildman–Crippen MR) is 71.0 cm³/mol. The van der Waals surface area contributed by atoms with E-state index in [2.05, 4.69) is 4.99 Å². The van der Waals surface area contributed by atoms with Crippen LogP contribution in [0.25, 0.3) is 0 Å². The zero-order valence-electron chi connectivity index (χ0n) is 9.96. The Morgan fingerprint density at radius 3 is 2.56 bits per heavy atom. The first-order valence-electron chi connectivity index (χ1n) is 4.93. The van der Waals surface area contributed by atoms with Gasteiger partial charge < -0.3 is 10.8 Å². The number of amidine groups is 1. The van der Waals surface area contributed by atoms with Crippen molar-refractivity contribution in [3.8, 4) is 5.75 Å². The van der Waals surface area contributed by atoms with Crippen molar-refractivity contribution in [3.05, 3.63) is 18.2 Å². The molecule has 0 heterocycles. The monoisotopic (exact) mass is 291 g/mol. The summed E-state index contributed by atoms with van der Waals surface area (Å²) in [6.45, 7) is 0. The molecule has 0 bridgehead atoms. The Morgan fingerprint density at radius 2 is 2.11 bits per heavy atom.